The molecule has 0 spiro atoms. The third-order valence-corrected chi connectivity index (χ3v) is 3.96. The molecule has 1 atom stereocenters. The number of benzene rings is 1. The summed E-state index contributed by atoms with van der Waals surface area (Å²) in [7, 11) is 1.55. The molecule has 1 heterocycles. The van der Waals surface area contributed by atoms with E-state index >= 15 is 0 Å². The molecule has 6 heteroatoms. The van der Waals surface area contributed by atoms with Gasteiger partial charge in [-0.2, -0.15) is 0 Å². The molecule has 1 aromatic carbocycles. The summed E-state index contributed by atoms with van der Waals surface area (Å²) in [6, 6.07) is 7.01. The number of carbonyl (C=O) groups is 1. The minimum absolute atomic E-state index is 0.219. The van der Waals surface area contributed by atoms with Crippen molar-refractivity contribution < 1.29 is 18.7 Å². The fourth-order valence-corrected chi connectivity index (χ4v) is 2.64. The molecule has 2 aromatic rings. The molecular formula is C20H24ClNO4. The molecule has 1 aromatic heterocycles. The molecule has 5 nitrogen and oxygen atoms in total. The average molecular weight is 378 g/mol. The molecule has 1 unspecified atom stereocenters. The molecule has 0 radical (unpaired) electrons. The number of ether oxygens (including phenoxy) is 2. The van der Waals surface area contributed by atoms with Crippen LogP contribution in [0.2, 0.25) is 5.02 Å². The number of aryl methyl sites for hydroxylation is 1. The molecule has 0 aliphatic rings. The minimum atomic E-state index is -0.229. The van der Waals surface area contributed by atoms with Crippen LogP contribution in [-0.2, 0) is 4.79 Å². The molecular weight excluding hydrogens is 354 g/mol. The molecule has 0 fully saturated rings. The first kappa shape index (κ1) is 19.9. The van der Waals surface area contributed by atoms with Crippen molar-refractivity contribution in [1.29, 1.82) is 0 Å². The SMILES string of the molecule is CCCOc1c(Cl)cc(/C=C/C(=O)NC(C)c2ccc(C)o2)cc1OC. The lowest BCUT2D eigenvalue weighted by molar-refractivity contribution is -0.117. The number of methoxy groups -OCH3 is 1. The lowest BCUT2D eigenvalue weighted by Gasteiger charge is -2.13. The molecule has 0 aliphatic heterocycles. The van der Waals surface area contributed by atoms with E-state index in [4.69, 9.17) is 25.5 Å². The van der Waals surface area contributed by atoms with E-state index in [1.807, 2.05) is 32.9 Å². The monoisotopic (exact) mass is 377 g/mol. The summed E-state index contributed by atoms with van der Waals surface area (Å²) in [6.45, 7) is 6.30. The summed E-state index contributed by atoms with van der Waals surface area (Å²) in [5.74, 6) is 2.34. The first-order valence-corrected chi connectivity index (χ1v) is 8.87. The minimum Gasteiger partial charge on any atom is -0.493 e. The van der Waals surface area contributed by atoms with Crippen molar-refractivity contribution in [3.05, 3.63) is 52.4 Å². The molecule has 1 amide bonds. The summed E-state index contributed by atoms with van der Waals surface area (Å²) >= 11 is 6.28. The summed E-state index contributed by atoms with van der Waals surface area (Å²) in [4.78, 5) is 12.1. The lowest BCUT2D eigenvalue weighted by atomic mass is 10.1. The van der Waals surface area contributed by atoms with E-state index in [2.05, 4.69) is 5.32 Å². The van der Waals surface area contributed by atoms with Crippen molar-refractivity contribution in [3.8, 4) is 11.5 Å². The van der Waals surface area contributed by atoms with Crippen molar-refractivity contribution in [2.75, 3.05) is 13.7 Å². The highest BCUT2D eigenvalue weighted by Crippen LogP contribution is 2.36. The molecule has 2 rings (SSSR count). The molecule has 140 valence electrons. The first-order valence-electron chi connectivity index (χ1n) is 8.49. The van der Waals surface area contributed by atoms with Gasteiger partial charge < -0.3 is 19.2 Å². The second-order valence-electron chi connectivity index (χ2n) is 5.89. The highest BCUT2D eigenvalue weighted by Gasteiger charge is 2.13. The predicted molar refractivity (Wildman–Crippen MR) is 103 cm³/mol. The van der Waals surface area contributed by atoms with Crippen LogP contribution in [0, 0.1) is 6.92 Å². The zero-order chi connectivity index (χ0) is 19.1. The zero-order valence-corrected chi connectivity index (χ0v) is 16.2. The maximum atomic E-state index is 12.1. The Balaban J connectivity index is 2.06. The van der Waals surface area contributed by atoms with Gasteiger partial charge in [-0.15, -0.1) is 0 Å². The van der Waals surface area contributed by atoms with Gasteiger partial charge in [-0.1, -0.05) is 18.5 Å². The van der Waals surface area contributed by atoms with E-state index in [0.29, 0.717) is 28.9 Å². The highest BCUT2D eigenvalue weighted by molar-refractivity contribution is 6.32. The molecule has 0 aliphatic carbocycles. The summed E-state index contributed by atoms with van der Waals surface area (Å²) in [6.07, 6.45) is 3.99. The number of amides is 1. The Hall–Kier alpha value is -2.40. The third-order valence-electron chi connectivity index (χ3n) is 3.68. The largest absolute Gasteiger partial charge is 0.493 e. The second-order valence-corrected chi connectivity index (χ2v) is 6.30. The van der Waals surface area contributed by atoms with Crippen LogP contribution in [0.4, 0.5) is 0 Å². The van der Waals surface area contributed by atoms with Gasteiger partial charge in [-0.3, -0.25) is 4.79 Å². The predicted octanol–water partition coefficient (Wildman–Crippen LogP) is 4.93. The van der Waals surface area contributed by atoms with E-state index in [1.165, 1.54) is 6.08 Å². The highest BCUT2D eigenvalue weighted by atomic mass is 35.5. The van der Waals surface area contributed by atoms with Gasteiger partial charge in [0.25, 0.3) is 0 Å². The Morgan fingerprint density at radius 2 is 2.15 bits per heavy atom. The van der Waals surface area contributed by atoms with Crippen LogP contribution >= 0.6 is 11.6 Å². The number of nitrogens with one attached hydrogen (secondary N) is 1. The van der Waals surface area contributed by atoms with Crippen LogP contribution in [0.3, 0.4) is 0 Å². The Labute approximate surface area is 158 Å². The van der Waals surface area contributed by atoms with Crippen molar-refractivity contribution in [3.63, 3.8) is 0 Å². The molecule has 1 N–H and O–H groups in total. The van der Waals surface area contributed by atoms with Gasteiger partial charge in [0.05, 0.1) is 24.8 Å². The van der Waals surface area contributed by atoms with Crippen molar-refractivity contribution >= 4 is 23.6 Å². The van der Waals surface area contributed by atoms with Gasteiger partial charge in [0.2, 0.25) is 5.91 Å². The maximum absolute atomic E-state index is 12.1. The first-order chi connectivity index (χ1) is 12.4. The topological polar surface area (TPSA) is 60.7 Å². The molecule has 0 saturated heterocycles. The molecule has 0 bridgehead atoms. The zero-order valence-electron chi connectivity index (χ0n) is 15.5. The summed E-state index contributed by atoms with van der Waals surface area (Å²) in [5.41, 5.74) is 0.743. The number of halogens is 1. The van der Waals surface area contributed by atoms with Crippen LogP contribution in [0.25, 0.3) is 6.08 Å². The second kappa shape index (κ2) is 9.34. The number of hydrogen-bond acceptors (Lipinski definition) is 4. The summed E-state index contributed by atoms with van der Waals surface area (Å²) < 4.78 is 16.5. The third kappa shape index (κ3) is 5.30. The number of carbonyl (C=O) groups excluding carboxylic acids is 1. The number of hydrogen-bond donors (Lipinski definition) is 1. The lowest BCUT2D eigenvalue weighted by Crippen LogP contribution is -2.24. The number of rotatable bonds is 8. The Morgan fingerprint density at radius 1 is 1.38 bits per heavy atom. The van der Waals surface area contributed by atoms with Gasteiger partial charge in [0.15, 0.2) is 11.5 Å². The van der Waals surface area contributed by atoms with Crippen LogP contribution in [0.5, 0.6) is 11.5 Å². The van der Waals surface area contributed by atoms with E-state index in [9.17, 15) is 4.79 Å². The maximum Gasteiger partial charge on any atom is 0.244 e. The number of furan rings is 1. The van der Waals surface area contributed by atoms with Gasteiger partial charge >= 0.3 is 0 Å². The average Bonchev–Trinajstić information content (AvgIpc) is 3.05. The Bertz CT molecular complexity index is 782. The van der Waals surface area contributed by atoms with E-state index in [0.717, 1.165) is 17.7 Å². The smallest absolute Gasteiger partial charge is 0.244 e. The van der Waals surface area contributed by atoms with Crippen molar-refractivity contribution in [2.45, 2.75) is 33.2 Å². The molecule has 26 heavy (non-hydrogen) atoms. The van der Waals surface area contributed by atoms with Crippen LogP contribution in [-0.4, -0.2) is 19.6 Å². The van der Waals surface area contributed by atoms with E-state index in [1.54, 1.807) is 25.3 Å². The standard InChI is InChI=1S/C20H24ClNO4/c1-5-10-25-20-16(21)11-15(12-18(20)24-4)7-9-19(23)22-14(3)17-8-6-13(2)26-17/h6-9,11-12,14H,5,10H2,1-4H3,(H,22,23)/b9-7+. The van der Waals surface area contributed by atoms with Crippen LogP contribution < -0.4 is 14.8 Å². The Morgan fingerprint density at radius 3 is 2.77 bits per heavy atom. The van der Waals surface area contributed by atoms with Crippen LogP contribution in [0.15, 0.2) is 34.8 Å². The van der Waals surface area contributed by atoms with Gasteiger partial charge in [0.1, 0.15) is 11.5 Å². The van der Waals surface area contributed by atoms with Gasteiger partial charge in [0, 0.05) is 6.08 Å². The molecule has 0 saturated carbocycles. The van der Waals surface area contributed by atoms with Crippen LogP contribution in [0.1, 0.15) is 43.4 Å². The fourth-order valence-electron chi connectivity index (χ4n) is 2.37. The van der Waals surface area contributed by atoms with Crippen molar-refractivity contribution in [1.82, 2.24) is 5.32 Å². The fraction of sp³-hybridized carbons (Fsp3) is 0.350. The van der Waals surface area contributed by atoms with Crippen molar-refractivity contribution in [2.24, 2.45) is 0 Å². The summed E-state index contributed by atoms with van der Waals surface area (Å²) in [5, 5.41) is 3.30. The quantitative estimate of drug-likeness (QED) is 0.662. The van der Waals surface area contributed by atoms with Gasteiger partial charge in [-0.25, -0.2) is 0 Å². The Kier molecular flexibility index (Phi) is 7.16. The van der Waals surface area contributed by atoms with Gasteiger partial charge in [-0.05, 0) is 56.2 Å². The van der Waals surface area contributed by atoms with E-state index < -0.39 is 0 Å². The van der Waals surface area contributed by atoms with E-state index in [-0.39, 0.29) is 11.9 Å². The normalized spacial score (nSPS) is 12.2.